The van der Waals surface area contributed by atoms with Gasteiger partial charge in [0.2, 0.25) is 5.91 Å². The molecule has 1 amide bonds. The minimum atomic E-state index is -0.270. The number of carbonyl (C=O) groups is 1. The second-order valence-electron chi connectivity index (χ2n) is 6.29. The molecule has 0 fully saturated rings. The number of benzene rings is 3. The molecule has 0 aliphatic rings. The Kier molecular flexibility index (Phi) is 7.40. The third-order valence-electron chi connectivity index (χ3n) is 4.21. The third-order valence-corrected chi connectivity index (χ3v) is 6.71. The third kappa shape index (κ3) is 5.78. The fourth-order valence-corrected chi connectivity index (χ4v) is 5.09. The van der Waals surface area contributed by atoms with Crippen molar-refractivity contribution in [3.63, 3.8) is 0 Å². The molecule has 0 unspecified atom stereocenters. The molecule has 3 rings (SSSR count). The van der Waals surface area contributed by atoms with Crippen molar-refractivity contribution in [3.8, 4) is 0 Å². The number of nitrogens with zero attached hydrogens (tertiary/aromatic N) is 1. The van der Waals surface area contributed by atoms with E-state index in [0.717, 1.165) is 21.1 Å². The van der Waals surface area contributed by atoms with Crippen LogP contribution in [-0.2, 0) is 4.79 Å². The highest BCUT2D eigenvalue weighted by Gasteiger charge is 2.25. The van der Waals surface area contributed by atoms with Crippen LogP contribution in [-0.4, -0.2) is 22.4 Å². The highest BCUT2D eigenvalue weighted by atomic mass is 32.2. The first kappa shape index (κ1) is 20.3. The molecule has 0 radical (unpaired) electrons. The van der Waals surface area contributed by atoms with E-state index in [0.29, 0.717) is 0 Å². The van der Waals surface area contributed by atoms with Gasteiger partial charge in [-0.15, -0.1) is 23.5 Å². The smallest absolute Gasteiger partial charge is 0.250 e. The van der Waals surface area contributed by atoms with E-state index in [9.17, 15) is 4.79 Å². The molecule has 0 heterocycles. The van der Waals surface area contributed by atoms with Crippen LogP contribution >= 0.6 is 23.5 Å². The quantitative estimate of drug-likeness (QED) is 0.334. The Hall–Kier alpha value is -2.43. The highest BCUT2D eigenvalue weighted by Crippen LogP contribution is 2.37. The number of carbonyl (C=O) groups excluding carboxylic acids is 1. The molecule has 0 bridgehead atoms. The van der Waals surface area contributed by atoms with Crippen LogP contribution in [0.2, 0.25) is 0 Å². The van der Waals surface area contributed by atoms with E-state index in [4.69, 9.17) is 0 Å². The fraction of sp³-hybridized carbons (Fsp3) is 0.125. The molecule has 3 aromatic carbocycles. The lowest BCUT2D eigenvalue weighted by molar-refractivity contribution is -0.125. The van der Waals surface area contributed by atoms with Crippen molar-refractivity contribution in [2.24, 2.45) is 0 Å². The molecule has 3 aromatic rings. The van der Waals surface area contributed by atoms with Crippen molar-refractivity contribution < 1.29 is 4.79 Å². The topological polar surface area (TPSA) is 20.3 Å². The summed E-state index contributed by atoms with van der Waals surface area (Å²) >= 11 is 3.18. The van der Waals surface area contributed by atoms with Gasteiger partial charge in [-0.1, -0.05) is 66.7 Å². The number of hydrogen-bond acceptors (Lipinski definition) is 3. The van der Waals surface area contributed by atoms with E-state index < -0.39 is 0 Å². The maximum atomic E-state index is 13.3. The van der Waals surface area contributed by atoms with E-state index in [2.05, 4.69) is 0 Å². The molecule has 0 spiro atoms. The lowest BCUT2D eigenvalue weighted by Crippen LogP contribution is -2.31. The fourth-order valence-electron chi connectivity index (χ4n) is 2.59. The Balaban J connectivity index is 1.81. The standard InChI is InChI=1S/C24H23NOS2/c1-19(18-20-12-6-3-7-13-20)25(2)23(26)24(27-21-14-8-4-9-15-21)28-22-16-10-5-11-17-22/h3-18,24H,1-2H3/b19-18+. The summed E-state index contributed by atoms with van der Waals surface area (Å²) in [5.74, 6) is 0.0763. The summed E-state index contributed by atoms with van der Waals surface area (Å²) < 4.78 is -0.270. The van der Waals surface area contributed by atoms with Crippen molar-refractivity contribution in [2.45, 2.75) is 21.3 Å². The Morgan fingerprint density at radius 3 is 1.68 bits per heavy atom. The van der Waals surface area contributed by atoms with E-state index in [1.54, 1.807) is 28.4 Å². The lowest BCUT2D eigenvalue weighted by Gasteiger charge is -2.24. The number of rotatable bonds is 7. The van der Waals surface area contributed by atoms with E-state index in [-0.39, 0.29) is 10.5 Å². The lowest BCUT2D eigenvalue weighted by atomic mass is 10.2. The molecule has 0 saturated heterocycles. The first-order chi connectivity index (χ1) is 13.6. The summed E-state index contributed by atoms with van der Waals surface area (Å²) in [6, 6.07) is 30.2. The van der Waals surface area contributed by atoms with E-state index in [1.807, 2.05) is 111 Å². The van der Waals surface area contributed by atoms with Crippen molar-refractivity contribution in [2.75, 3.05) is 7.05 Å². The van der Waals surface area contributed by atoms with Gasteiger partial charge >= 0.3 is 0 Å². The molecule has 0 saturated carbocycles. The van der Waals surface area contributed by atoms with Gasteiger partial charge in [0.1, 0.15) is 4.58 Å². The maximum Gasteiger partial charge on any atom is 0.250 e. The summed E-state index contributed by atoms with van der Waals surface area (Å²) in [5, 5.41) is 0. The van der Waals surface area contributed by atoms with Crippen molar-refractivity contribution in [1.82, 2.24) is 4.90 Å². The van der Waals surface area contributed by atoms with Crippen molar-refractivity contribution >= 4 is 35.5 Å². The van der Waals surface area contributed by atoms with Crippen molar-refractivity contribution in [1.29, 1.82) is 0 Å². The molecule has 2 nitrogen and oxygen atoms in total. The summed E-state index contributed by atoms with van der Waals surface area (Å²) in [6.07, 6.45) is 2.04. The van der Waals surface area contributed by atoms with Gasteiger partial charge < -0.3 is 4.90 Å². The van der Waals surface area contributed by atoms with E-state index >= 15 is 0 Å². The van der Waals surface area contributed by atoms with Crippen LogP contribution in [0.4, 0.5) is 0 Å². The predicted molar refractivity (Wildman–Crippen MR) is 121 cm³/mol. The summed E-state index contributed by atoms with van der Waals surface area (Å²) in [7, 11) is 1.85. The molecule has 28 heavy (non-hydrogen) atoms. The van der Waals surface area contributed by atoms with Gasteiger partial charge in [0.15, 0.2) is 0 Å². The Labute approximate surface area is 175 Å². The predicted octanol–water partition coefficient (Wildman–Crippen LogP) is 6.42. The van der Waals surface area contributed by atoms with Crippen LogP contribution in [0.1, 0.15) is 12.5 Å². The number of allylic oxidation sites excluding steroid dienone is 1. The maximum absolute atomic E-state index is 13.3. The first-order valence-electron chi connectivity index (χ1n) is 9.08. The van der Waals surface area contributed by atoms with Gasteiger partial charge in [-0.3, -0.25) is 4.79 Å². The SMILES string of the molecule is C/C(=C\c1ccccc1)N(C)C(=O)C(Sc1ccccc1)Sc1ccccc1. The number of hydrogen-bond donors (Lipinski definition) is 0. The van der Waals surface area contributed by atoms with Gasteiger partial charge in [0, 0.05) is 22.5 Å². The molecule has 0 atom stereocenters. The van der Waals surface area contributed by atoms with Crippen LogP contribution in [0.3, 0.4) is 0 Å². The van der Waals surface area contributed by atoms with Gasteiger partial charge in [-0.2, -0.15) is 0 Å². The zero-order chi connectivity index (χ0) is 19.8. The highest BCUT2D eigenvalue weighted by molar-refractivity contribution is 8.18. The average molecular weight is 406 g/mol. The Bertz CT molecular complexity index is 870. The zero-order valence-electron chi connectivity index (χ0n) is 16.0. The van der Waals surface area contributed by atoms with Crippen LogP contribution in [0, 0.1) is 0 Å². The number of thioether (sulfide) groups is 2. The Morgan fingerprint density at radius 2 is 1.21 bits per heavy atom. The average Bonchev–Trinajstić information content (AvgIpc) is 2.74. The summed E-state index contributed by atoms with van der Waals surface area (Å²) in [4.78, 5) is 17.3. The summed E-state index contributed by atoms with van der Waals surface area (Å²) in [5.41, 5.74) is 2.01. The molecule has 0 N–H and O–H groups in total. The minimum absolute atomic E-state index is 0.0763. The van der Waals surface area contributed by atoms with Gasteiger partial charge in [-0.25, -0.2) is 0 Å². The largest absolute Gasteiger partial charge is 0.318 e. The molecule has 0 aliphatic carbocycles. The van der Waals surface area contributed by atoms with Crippen LogP contribution in [0.25, 0.3) is 6.08 Å². The first-order valence-corrected chi connectivity index (χ1v) is 10.8. The normalized spacial score (nSPS) is 11.5. The summed E-state index contributed by atoms with van der Waals surface area (Å²) in [6.45, 7) is 1.97. The zero-order valence-corrected chi connectivity index (χ0v) is 17.6. The van der Waals surface area contributed by atoms with E-state index in [1.165, 1.54) is 0 Å². The van der Waals surface area contributed by atoms with Gasteiger partial charge in [0.05, 0.1) is 0 Å². The molecule has 0 aromatic heterocycles. The van der Waals surface area contributed by atoms with Gasteiger partial charge in [-0.05, 0) is 42.8 Å². The van der Waals surface area contributed by atoms with Gasteiger partial charge in [0.25, 0.3) is 0 Å². The molecule has 0 aliphatic heterocycles. The second kappa shape index (κ2) is 10.2. The Morgan fingerprint density at radius 1 is 0.786 bits per heavy atom. The number of amides is 1. The van der Waals surface area contributed by atoms with Crippen molar-refractivity contribution in [3.05, 3.63) is 102 Å². The van der Waals surface area contributed by atoms with Crippen LogP contribution < -0.4 is 0 Å². The molecular formula is C24H23NOS2. The molecular weight excluding hydrogens is 382 g/mol. The van der Waals surface area contributed by atoms with Crippen LogP contribution in [0.15, 0.2) is 106 Å². The van der Waals surface area contributed by atoms with Crippen LogP contribution in [0.5, 0.6) is 0 Å². The second-order valence-corrected chi connectivity index (χ2v) is 8.94. The minimum Gasteiger partial charge on any atom is -0.318 e. The molecule has 142 valence electrons. The molecule has 4 heteroatoms. The monoisotopic (exact) mass is 405 g/mol.